The lowest BCUT2D eigenvalue weighted by molar-refractivity contribution is 0.0984. The average molecular weight is 1980 g/mol. The van der Waals surface area contributed by atoms with Gasteiger partial charge in [0.1, 0.15) is 34.1 Å². The van der Waals surface area contributed by atoms with Crippen molar-refractivity contribution in [2.75, 3.05) is 72.7 Å². The van der Waals surface area contributed by atoms with Crippen LogP contribution in [0.2, 0.25) is 0 Å². The summed E-state index contributed by atoms with van der Waals surface area (Å²) in [7, 11) is 11.8. The van der Waals surface area contributed by atoms with Crippen LogP contribution in [0.5, 0.6) is 23.0 Å². The highest BCUT2D eigenvalue weighted by molar-refractivity contribution is 8.30. The van der Waals surface area contributed by atoms with E-state index in [1.807, 2.05) is 376 Å². The van der Waals surface area contributed by atoms with Gasteiger partial charge in [0.25, 0.3) is 0 Å². The fourth-order valence-corrected chi connectivity index (χ4v) is 28.0. The Kier molecular flexibility index (Phi) is 39.7. The summed E-state index contributed by atoms with van der Waals surface area (Å²) in [4.78, 5) is 96.4. The van der Waals surface area contributed by atoms with E-state index < -0.39 is 27.9 Å². The molecule has 0 bridgehead atoms. The summed E-state index contributed by atoms with van der Waals surface area (Å²) in [6.45, 7) is 14.1. The van der Waals surface area contributed by atoms with E-state index in [1.54, 1.807) is 94.8 Å². The average Bonchev–Trinajstić information content (AvgIpc) is 0.755. The molecule has 0 aromatic heterocycles. The minimum absolute atomic E-state index is 0.0155. The maximum atomic E-state index is 13.8. The monoisotopic (exact) mass is 1980 g/mol. The molecule has 16 rings (SSSR count). The van der Waals surface area contributed by atoms with Crippen LogP contribution in [0.3, 0.4) is 0 Å². The lowest BCUT2D eigenvalue weighted by Gasteiger charge is -2.24. The van der Waals surface area contributed by atoms with Crippen LogP contribution in [-0.4, -0.2) is 102 Å². The second-order valence-corrected chi connectivity index (χ2v) is 46.7. The Morgan fingerprint density at radius 2 is 0.529 bits per heavy atom. The third kappa shape index (κ3) is 26.7. The van der Waals surface area contributed by atoms with Crippen molar-refractivity contribution in [3.8, 4) is 23.0 Å². The number of carbonyl (C=O) groups excluding carboxylic acids is 7. The van der Waals surface area contributed by atoms with E-state index in [4.69, 9.17) is 42.6 Å². The van der Waals surface area contributed by atoms with Crippen LogP contribution in [-0.2, 0) is 23.6 Å². The van der Waals surface area contributed by atoms with Crippen molar-refractivity contribution in [1.82, 2.24) is 0 Å². The number of ether oxygens (including phenoxy) is 4. The van der Waals surface area contributed by atoms with Crippen molar-refractivity contribution < 1.29 is 52.5 Å². The molecule has 0 heterocycles. The zero-order chi connectivity index (χ0) is 101. The number of aryl methyl sites for hydroxylation is 6. The van der Waals surface area contributed by atoms with Crippen LogP contribution >= 0.6 is 39.7 Å². The minimum atomic E-state index is -2.78. The van der Waals surface area contributed by atoms with Gasteiger partial charge in [0.05, 0.1) is 40.5 Å². The molecule has 0 atom stereocenters. The Balaban J connectivity index is 0.000000163. The normalized spacial score (nSPS) is 10.7. The molecule has 0 spiro atoms. The molecule has 0 saturated heterocycles. The van der Waals surface area contributed by atoms with Crippen LogP contribution in [0.25, 0.3) is 0 Å². The standard InChI is InChI=1S/C24H24N2O2.C22H21OPS.C22H21OP.C21H19O3PS.C21H19O3P.C10H12OS/c1-25(2)21-13-9-19(10-14-21)23(27)17-5-7-18(8-6-17)24(28)20-11-15-22(16-12-20)26(3)4;1-16-14-17(2)21(18(3)15-16)22(23)24(25,19-10-6-4-7-11-19)20-12-8-5-9-13-20;1-16-14-17(2)21(18(3)15-16)22(23)24(19-10-6-4-7-11-19)20-12-8-5-9-13-20;1-23-18-14-9-15-19(24-2)20(18)21(22)25(26,16-10-5-3-6-11-16)17-12-7-4-8-13-17;1-23-18-14-9-15-19(24-2)20(18)21(22)25(16-10-5-3-6-11-16)17-12-7-4-8-13-17;1-3-10(11)8-4-6-9(12-2)7-5-8/h5-16H,1-4H3;4-15H,1-3H3;4-15H,1-3H3;3-15H,1-2H3;3-15H,1-2H3;4-7H,3H2,1-2H3. The van der Waals surface area contributed by atoms with Gasteiger partial charge >= 0.3 is 0 Å². The number of rotatable bonds is 29. The Bertz CT molecular complexity index is 6660. The topological polar surface area (TPSA) is 163 Å². The number of thioether (sulfide) groups is 1. The van der Waals surface area contributed by atoms with Gasteiger partial charge in [-0.15, -0.1) is 11.8 Å². The van der Waals surface area contributed by atoms with Gasteiger partial charge in [-0.3, -0.25) is 33.6 Å². The summed E-state index contributed by atoms with van der Waals surface area (Å²) in [6, 6.07) is 122. The molecule has 0 saturated carbocycles. The molecule has 0 radical (unpaired) electrons. The number of Topliss-reactive ketones (excluding diaryl/α,β-unsaturated/α-hetero) is 1. The quantitative estimate of drug-likeness (QED) is 0.0247. The molecule has 140 heavy (non-hydrogen) atoms. The Morgan fingerprint density at radius 3 is 0.786 bits per heavy atom. The van der Waals surface area contributed by atoms with Crippen molar-refractivity contribution in [3.05, 3.63) is 484 Å². The number of hydrogen-bond donors (Lipinski definition) is 0. The van der Waals surface area contributed by atoms with Gasteiger partial charge in [-0.2, -0.15) is 0 Å². The first-order valence-corrected chi connectivity index (χ1v) is 55.0. The molecule has 0 N–H and O–H groups in total. The van der Waals surface area contributed by atoms with Gasteiger partial charge in [-0.1, -0.05) is 357 Å². The summed E-state index contributed by atoms with van der Waals surface area (Å²) in [5, 5.41) is 7.79. The van der Waals surface area contributed by atoms with E-state index in [9.17, 15) is 33.6 Å². The fraction of sp³-hybridized carbons (Fsp3) is 0.142. The molecule has 13 nitrogen and oxygen atoms in total. The molecule has 0 aliphatic carbocycles. The van der Waals surface area contributed by atoms with Gasteiger partial charge < -0.3 is 28.7 Å². The van der Waals surface area contributed by atoms with Crippen LogP contribution in [0.4, 0.5) is 11.4 Å². The molecule has 710 valence electrons. The fourth-order valence-electron chi connectivity index (χ4n) is 16.0. The number of carbonyl (C=O) groups is 7. The van der Waals surface area contributed by atoms with E-state index >= 15 is 0 Å². The summed E-state index contributed by atoms with van der Waals surface area (Å²) in [5.41, 5.74) is 14.5. The zero-order valence-corrected chi connectivity index (χ0v) is 87.7. The van der Waals surface area contributed by atoms with Crippen molar-refractivity contribution in [2.45, 2.75) is 59.8 Å². The third-order valence-electron chi connectivity index (χ3n) is 23.0. The van der Waals surface area contributed by atoms with Gasteiger partial charge in [-0.25, -0.2) is 0 Å². The zero-order valence-electron chi connectivity index (χ0n) is 81.7. The number of nitrogens with zero attached hydrogens (tertiary/aromatic N) is 2. The van der Waals surface area contributed by atoms with Gasteiger partial charge in [0.15, 0.2) is 22.9 Å². The highest BCUT2D eigenvalue weighted by Gasteiger charge is 2.37. The molecule has 16 aromatic carbocycles. The number of anilines is 2. The van der Waals surface area contributed by atoms with Crippen molar-refractivity contribution in [3.63, 3.8) is 0 Å². The van der Waals surface area contributed by atoms with E-state index in [0.717, 1.165) is 92.8 Å². The second kappa shape index (κ2) is 52.0. The maximum absolute atomic E-state index is 13.8. The van der Waals surface area contributed by atoms with Gasteiger partial charge in [0, 0.05) is 106 Å². The first kappa shape index (κ1) is 107. The molecule has 0 aliphatic heterocycles. The van der Waals surface area contributed by atoms with Gasteiger partial charge in [0.2, 0.25) is 16.6 Å². The Hall–Kier alpha value is -13.5. The van der Waals surface area contributed by atoms with E-state index in [1.165, 1.54) is 16.0 Å². The molecule has 0 unspecified atom stereocenters. The predicted octanol–water partition coefficient (Wildman–Crippen LogP) is 25.0. The van der Waals surface area contributed by atoms with Crippen LogP contribution < -0.4 is 71.2 Å². The molecule has 0 amide bonds. The number of ketones is 3. The maximum Gasteiger partial charge on any atom is 0.209 e. The van der Waals surface area contributed by atoms with Crippen LogP contribution in [0.15, 0.2) is 405 Å². The predicted molar refractivity (Wildman–Crippen MR) is 596 cm³/mol. The lowest BCUT2D eigenvalue weighted by Crippen LogP contribution is -2.23. The van der Waals surface area contributed by atoms with Crippen molar-refractivity contribution in [1.29, 1.82) is 0 Å². The largest absolute Gasteiger partial charge is 0.496 e. The SMILES string of the molecule is CCC(=O)c1ccc(SC)cc1.CN(C)c1ccc(C(=O)c2ccc(C(=O)c3ccc(N(C)C)cc3)cc2)cc1.COc1cccc(OC)c1C(=O)P(=S)(c1ccccc1)c1ccccc1.COc1cccc(OC)c1C(=O)P(c1ccccc1)c1ccccc1.Cc1cc(C)c(C(=O)P(=S)(c2ccccc2)c2ccccc2)c(C)c1.Cc1cc(C)c(C(=O)P(c2ccccc2)c2ccccc2)c(C)c1. The van der Waals surface area contributed by atoms with Crippen molar-refractivity contribution >= 4 is 157 Å². The number of hydrogen-bond acceptors (Lipinski definition) is 16. The van der Waals surface area contributed by atoms with Crippen LogP contribution in [0.1, 0.15) is 130 Å². The highest BCUT2D eigenvalue weighted by atomic mass is 32.4. The molecular weight excluding hydrogens is 1870 g/mol. The Labute approximate surface area is 842 Å². The first-order chi connectivity index (χ1) is 67.5. The number of benzene rings is 16. The van der Waals surface area contributed by atoms with E-state index in [0.29, 0.717) is 62.8 Å². The highest BCUT2D eigenvalue weighted by Crippen LogP contribution is 2.52. The van der Waals surface area contributed by atoms with Crippen molar-refractivity contribution in [2.24, 2.45) is 0 Å². The van der Waals surface area contributed by atoms with Crippen LogP contribution in [0, 0.1) is 41.5 Å². The van der Waals surface area contributed by atoms with E-state index in [-0.39, 0.29) is 39.4 Å². The molecule has 0 fully saturated rings. The second-order valence-electron chi connectivity index (χ2n) is 33.0. The molecule has 20 heteroatoms. The summed E-state index contributed by atoms with van der Waals surface area (Å²) < 4.78 is 21.8. The van der Waals surface area contributed by atoms with Gasteiger partial charge in [-0.05, 0) is 197 Å². The molecular formula is C120H116N2O11P4S3. The smallest absolute Gasteiger partial charge is 0.209 e. The lowest BCUT2D eigenvalue weighted by atomic mass is 9.98. The number of methoxy groups -OCH3 is 4. The molecule has 16 aromatic rings. The Morgan fingerprint density at radius 1 is 0.293 bits per heavy atom. The minimum Gasteiger partial charge on any atom is -0.496 e. The molecule has 0 aliphatic rings. The summed E-state index contributed by atoms with van der Waals surface area (Å²) >= 11 is 13.9. The third-order valence-corrected chi connectivity index (χ3v) is 37.5. The summed E-state index contributed by atoms with van der Waals surface area (Å²) in [6.07, 6.45) is 2.61. The first-order valence-electron chi connectivity index (χ1n) is 45.5. The summed E-state index contributed by atoms with van der Waals surface area (Å²) in [5.74, 6) is 2.10. The van der Waals surface area contributed by atoms with E-state index in [2.05, 4.69) is 62.4 Å².